The van der Waals surface area contributed by atoms with Gasteiger partial charge in [-0.2, -0.15) is 4.98 Å². The first-order valence-corrected chi connectivity index (χ1v) is 6.66. The minimum absolute atomic E-state index is 0.0198. The third-order valence-electron chi connectivity index (χ3n) is 4.00. The predicted octanol–water partition coefficient (Wildman–Crippen LogP) is -1.28. The standard InChI is InChI=1S/C12H16FN5O4/c1-12(3-19)8(20)6(13)5(2-22-12)18-4-15-7-9(18)16-11(14)17-10(7)21/h4-6,8,19-20H,2-3H2,1H3,(H3,14,16,17,21)/t5?,6?,8-,12+/m0/s1. The van der Waals surface area contributed by atoms with E-state index in [-0.39, 0.29) is 23.7 Å². The zero-order chi connectivity index (χ0) is 16.1. The van der Waals surface area contributed by atoms with Gasteiger partial charge in [0.1, 0.15) is 11.7 Å². The molecule has 0 aliphatic carbocycles. The number of halogens is 1. The van der Waals surface area contributed by atoms with Crippen LogP contribution >= 0.6 is 0 Å². The number of aliphatic hydroxyl groups excluding tert-OH is 2. The van der Waals surface area contributed by atoms with Crippen molar-refractivity contribution in [1.82, 2.24) is 19.5 Å². The highest BCUT2D eigenvalue weighted by Crippen LogP contribution is 2.34. The molecule has 0 radical (unpaired) electrons. The van der Waals surface area contributed by atoms with Crippen LogP contribution in [-0.4, -0.2) is 60.8 Å². The van der Waals surface area contributed by atoms with E-state index >= 15 is 0 Å². The molecule has 120 valence electrons. The van der Waals surface area contributed by atoms with Gasteiger partial charge in [-0.05, 0) is 6.92 Å². The fourth-order valence-corrected chi connectivity index (χ4v) is 2.56. The van der Waals surface area contributed by atoms with Crippen LogP contribution in [0.15, 0.2) is 11.1 Å². The number of rotatable bonds is 2. The maximum atomic E-state index is 14.6. The third-order valence-corrected chi connectivity index (χ3v) is 4.00. The van der Waals surface area contributed by atoms with Crippen LogP contribution < -0.4 is 11.3 Å². The highest BCUT2D eigenvalue weighted by molar-refractivity contribution is 5.70. The molecular formula is C12H16FN5O4. The molecule has 1 aliphatic heterocycles. The molecule has 0 aromatic carbocycles. The van der Waals surface area contributed by atoms with Gasteiger partial charge in [-0.1, -0.05) is 0 Å². The van der Waals surface area contributed by atoms with Crippen LogP contribution in [-0.2, 0) is 4.74 Å². The Bertz CT molecular complexity index is 762. The van der Waals surface area contributed by atoms with E-state index in [9.17, 15) is 19.4 Å². The van der Waals surface area contributed by atoms with Gasteiger partial charge in [0.05, 0.1) is 25.6 Å². The smallest absolute Gasteiger partial charge is 0.280 e. The van der Waals surface area contributed by atoms with Crippen molar-refractivity contribution in [2.45, 2.75) is 30.8 Å². The van der Waals surface area contributed by atoms with E-state index in [4.69, 9.17) is 10.5 Å². The molecule has 22 heavy (non-hydrogen) atoms. The van der Waals surface area contributed by atoms with Crippen molar-refractivity contribution in [3.8, 4) is 0 Å². The minimum atomic E-state index is -1.73. The largest absolute Gasteiger partial charge is 0.393 e. The molecule has 3 heterocycles. The predicted molar refractivity (Wildman–Crippen MR) is 73.9 cm³/mol. The number of nitrogens with zero attached hydrogens (tertiary/aromatic N) is 3. The van der Waals surface area contributed by atoms with E-state index in [2.05, 4.69) is 15.0 Å². The van der Waals surface area contributed by atoms with Crippen LogP contribution in [0.1, 0.15) is 13.0 Å². The summed E-state index contributed by atoms with van der Waals surface area (Å²) in [5, 5.41) is 19.3. The van der Waals surface area contributed by atoms with Crippen molar-refractivity contribution in [3.63, 3.8) is 0 Å². The number of H-pyrrole nitrogens is 1. The molecule has 0 spiro atoms. The van der Waals surface area contributed by atoms with E-state index < -0.39 is 36.1 Å². The molecule has 10 heteroatoms. The summed E-state index contributed by atoms with van der Waals surface area (Å²) < 4.78 is 21.3. The average molecular weight is 313 g/mol. The lowest BCUT2D eigenvalue weighted by atomic mass is 9.89. The SMILES string of the molecule is C[C@]1(CO)OCC(n2cnc3c(=O)[nH]c(N)nc32)C(F)[C@@H]1O. The second-order valence-electron chi connectivity index (χ2n) is 5.51. The van der Waals surface area contributed by atoms with Crippen LogP contribution in [0.3, 0.4) is 0 Å². The first kappa shape index (κ1) is 14.9. The van der Waals surface area contributed by atoms with E-state index in [0.29, 0.717) is 0 Å². The number of hydrogen-bond donors (Lipinski definition) is 4. The number of aromatic amines is 1. The topological polar surface area (TPSA) is 139 Å². The molecular weight excluding hydrogens is 297 g/mol. The zero-order valence-corrected chi connectivity index (χ0v) is 11.7. The van der Waals surface area contributed by atoms with Gasteiger partial charge < -0.3 is 25.3 Å². The number of alkyl halides is 1. The number of aliphatic hydroxyl groups is 2. The molecule has 2 aromatic rings. The first-order chi connectivity index (χ1) is 10.4. The van der Waals surface area contributed by atoms with E-state index in [1.807, 2.05) is 0 Å². The fourth-order valence-electron chi connectivity index (χ4n) is 2.56. The zero-order valence-electron chi connectivity index (χ0n) is 11.7. The summed E-state index contributed by atoms with van der Waals surface area (Å²) in [6.45, 7) is 0.791. The van der Waals surface area contributed by atoms with Crippen LogP contribution in [0.25, 0.3) is 11.2 Å². The van der Waals surface area contributed by atoms with Gasteiger partial charge in [-0.25, -0.2) is 9.37 Å². The summed E-state index contributed by atoms with van der Waals surface area (Å²) in [5.41, 5.74) is 3.71. The molecule has 1 fully saturated rings. The molecule has 2 aromatic heterocycles. The Kier molecular flexibility index (Phi) is 3.38. The number of anilines is 1. The summed E-state index contributed by atoms with van der Waals surface area (Å²) >= 11 is 0. The number of aromatic nitrogens is 4. The van der Waals surface area contributed by atoms with Crippen LogP contribution in [0.4, 0.5) is 10.3 Å². The number of hydrogen-bond acceptors (Lipinski definition) is 7. The normalized spacial score (nSPS) is 32.5. The molecule has 9 nitrogen and oxygen atoms in total. The molecule has 5 N–H and O–H groups in total. The lowest BCUT2D eigenvalue weighted by Gasteiger charge is -2.42. The Morgan fingerprint density at radius 2 is 2.41 bits per heavy atom. The highest BCUT2D eigenvalue weighted by atomic mass is 19.1. The Morgan fingerprint density at radius 3 is 3.09 bits per heavy atom. The number of nitrogens with one attached hydrogen (secondary N) is 1. The number of nitrogen functional groups attached to an aromatic ring is 1. The molecule has 0 saturated carbocycles. The minimum Gasteiger partial charge on any atom is -0.393 e. The van der Waals surface area contributed by atoms with Gasteiger partial charge in [0.2, 0.25) is 5.95 Å². The maximum Gasteiger partial charge on any atom is 0.280 e. The van der Waals surface area contributed by atoms with Gasteiger partial charge in [-0.3, -0.25) is 9.78 Å². The van der Waals surface area contributed by atoms with E-state index in [1.54, 1.807) is 0 Å². The molecule has 4 atom stereocenters. The first-order valence-electron chi connectivity index (χ1n) is 6.66. The summed E-state index contributed by atoms with van der Waals surface area (Å²) in [6.07, 6.45) is -2.01. The number of fused-ring (bicyclic) bond motifs is 1. The molecule has 1 saturated heterocycles. The Morgan fingerprint density at radius 1 is 1.68 bits per heavy atom. The van der Waals surface area contributed by atoms with Crippen LogP contribution in [0, 0.1) is 0 Å². The Balaban J connectivity index is 2.04. The van der Waals surface area contributed by atoms with Crippen molar-refractivity contribution in [1.29, 1.82) is 0 Å². The van der Waals surface area contributed by atoms with Gasteiger partial charge in [0.15, 0.2) is 17.3 Å². The van der Waals surface area contributed by atoms with Gasteiger partial charge in [0.25, 0.3) is 5.56 Å². The summed E-state index contributed by atoms with van der Waals surface area (Å²) in [7, 11) is 0. The third kappa shape index (κ3) is 2.07. The van der Waals surface area contributed by atoms with Crippen LogP contribution in [0.2, 0.25) is 0 Å². The highest BCUT2D eigenvalue weighted by Gasteiger charge is 2.48. The van der Waals surface area contributed by atoms with Gasteiger partial charge in [0, 0.05) is 0 Å². The van der Waals surface area contributed by atoms with Crippen molar-refractivity contribution < 1.29 is 19.3 Å². The summed E-state index contributed by atoms with van der Waals surface area (Å²) in [4.78, 5) is 21.9. The van der Waals surface area contributed by atoms with E-state index in [0.717, 1.165) is 0 Å². The Hall–Kier alpha value is -2.04. The number of ether oxygens (including phenoxy) is 1. The van der Waals surface area contributed by atoms with Crippen molar-refractivity contribution in [2.24, 2.45) is 0 Å². The molecule has 2 unspecified atom stereocenters. The molecule has 0 bridgehead atoms. The van der Waals surface area contributed by atoms with Gasteiger partial charge in [-0.15, -0.1) is 0 Å². The number of nitrogens with two attached hydrogens (primary N) is 1. The summed E-state index contributed by atoms with van der Waals surface area (Å²) in [6, 6.07) is -0.937. The molecule has 0 amide bonds. The van der Waals surface area contributed by atoms with Crippen molar-refractivity contribution >= 4 is 17.1 Å². The second-order valence-corrected chi connectivity index (χ2v) is 5.51. The average Bonchev–Trinajstić information content (AvgIpc) is 2.89. The van der Waals surface area contributed by atoms with E-state index in [1.165, 1.54) is 17.8 Å². The Labute approximate surface area is 123 Å². The van der Waals surface area contributed by atoms with Crippen molar-refractivity contribution in [2.75, 3.05) is 18.9 Å². The maximum absolute atomic E-state index is 14.6. The molecule has 3 rings (SSSR count). The molecule has 1 aliphatic rings. The van der Waals surface area contributed by atoms with Crippen LogP contribution in [0.5, 0.6) is 0 Å². The van der Waals surface area contributed by atoms with Crippen molar-refractivity contribution in [3.05, 3.63) is 16.7 Å². The lowest BCUT2D eigenvalue weighted by Crippen LogP contribution is -2.57. The fraction of sp³-hybridized carbons (Fsp3) is 0.583. The van der Waals surface area contributed by atoms with Gasteiger partial charge >= 0.3 is 0 Å². The lowest BCUT2D eigenvalue weighted by molar-refractivity contribution is -0.205. The number of imidazole rings is 1. The summed E-state index contributed by atoms with van der Waals surface area (Å²) in [5.74, 6) is -0.118. The second kappa shape index (κ2) is 5.00. The quantitative estimate of drug-likeness (QED) is 0.541. The monoisotopic (exact) mass is 313 g/mol.